The van der Waals surface area contributed by atoms with Crippen molar-refractivity contribution in [1.29, 1.82) is 0 Å². The molecule has 7 nitrogen and oxygen atoms in total. The zero-order valence-corrected chi connectivity index (χ0v) is 17.7. The van der Waals surface area contributed by atoms with Crippen molar-refractivity contribution in [2.75, 3.05) is 10.6 Å². The van der Waals surface area contributed by atoms with Gasteiger partial charge in [-0.2, -0.15) is 11.3 Å². The Kier molecular flexibility index (Phi) is 6.40. The molecule has 0 aliphatic carbocycles. The van der Waals surface area contributed by atoms with E-state index in [2.05, 4.69) is 20.8 Å². The van der Waals surface area contributed by atoms with Crippen LogP contribution in [0.15, 0.2) is 69.8 Å². The minimum atomic E-state index is -0.301. The van der Waals surface area contributed by atoms with Crippen LogP contribution in [-0.4, -0.2) is 22.0 Å². The normalized spacial score (nSPS) is 10.6. The summed E-state index contributed by atoms with van der Waals surface area (Å²) >= 11 is 7.41. The highest BCUT2D eigenvalue weighted by molar-refractivity contribution is 7.08. The van der Waals surface area contributed by atoms with Crippen LogP contribution in [0.3, 0.4) is 0 Å². The summed E-state index contributed by atoms with van der Waals surface area (Å²) in [4.78, 5) is 24.9. The average molecular weight is 453 g/mol. The van der Waals surface area contributed by atoms with Crippen molar-refractivity contribution in [2.24, 2.45) is 0 Å². The van der Waals surface area contributed by atoms with Crippen LogP contribution in [-0.2, 0) is 11.2 Å². The zero-order chi connectivity index (χ0) is 21.6. The molecule has 0 atom stereocenters. The van der Waals surface area contributed by atoms with Crippen LogP contribution in [0.5, 0.6) is 0 Å². The zero-order valence-electron chi connectivity index (χ0n) is 16.2. The molecule has 2 aromatic carbocycles. The van der Waals surface area contributed by atoms with Crippen molar-refractivity contribution in [3.63, 3.8) is 0 Å². The van der Waals surface area contributed by atoms with E-state index in [1.165, 1.54) is 0 Å². The molecule has 2 heterocycles. The number of nitrogens with one attached hydrogen (secondary N) is 2. The molecule has 0 saturated heterocycles. The maximum Gasteiger partial charge on any atom is 0.255 e. The van der Waals surface area contributed by atoms with E-state index in [0.29, 0.717) is 40.2 Å². The number of benzene rings is 2. The number of nitrogens with zero attached hydrogens (tertiary/aromatic N) is 2. The molecule has 2 amide bonds. The fourth-order valence-corrected chi connectivity index (χ4v) is 3.54. The van der Waals surface area contributed by atoms with Gasteiger partial charge in [0.25, 0.3) is 5.91 Å². The predicted molar refractivity (Wildman–Crippen MR) is 120 cm³/mol. The lowest BCUT2D eigenvalue weighted by atomic mass is 10.2. The van der Waals surface area contributed by atoms with Gasteiger partial charge in [-0.1, -0.05) is 23.7 Å². The molecule has 4 aromatic rings. The van der Waals surface area contributed by atoms with Gasteiger partial charge in [-0.3, -0.25) is 9.59 Å². The quantitative estimate of drug-likeness (QED) is 0.398. The summed E-state index contributed by atoms with van der Waals surface area (Å²) in [5, 5.41) is 18.0. The van der Waals surface area contributed by atoms with Gasteiger partial charge in [-0.25, -0.2) is 0 Å². The van der Waals surface area contributed by atoms with Crippen LogP contribution in [0.2, 0.25) is 5.02 Å². The number of thiophene rings is 1. The standard InChI is InChI=1S/C22H17ClN4O3S/c23-16-7-5-14(6-8-16)21(29)25-18-4-2-1-3-17(18)24-19(28)9-10-20-26-27-22(30-20)15-11-12-31-13-15/h1-8,11-13H,9-10H2,(H,24,28)(H,25,29). The lowest BCUT2D eigenvalue weighted by Gasteiger charge is -2.12. The number of amides is 2. The van der Waals surface area contributed by atoms with Gasteiger partial charge in [0.15, 0.2) is 0 Å². The molecule has 2 N–H and O–H groups in total. The number of aryl methyl sites for hydroxylation is 1. The first-order valence-electron chi connectivity index (χ1n) is 9.39. The Bertz CT molecular complexity index is 1190. The van der Waals surface area contributed by atoms with Crippen molar-refractivity contribution in [1.82, 2.24) is 10.2 Å². The molecule has 0 aliphatic rings. The second kappa shape index (κ2) is 9.55. The fraction of sp³-hybridized carbons (Fsp3) is 0.0909. The fourth-order valence-electron chi connectivity index (χ4n) is 2.79. The third-order valence-corrected chi connectivity index (χ3v) is 5.29. The van der Waals surface area contributed by atoms with Gasteiger partial charge >= 0.3 is 0 Å². The summed E-state index contributed by atoms with van der Waals surface area (Å²) < 4.78 is 5.60. The molecule has 0 bridgehead atoms. The maximum absolute atomic E-state index is 12.5. The average Bonchev–Trinajstić information content (AvgIpc) is 3.46. The van der Waals surface area contributed by atoms with E-state index in [4.69, 9.17) is 16.0 Å². The van der Waals surface area contributed by atoms with Gasteiger partial charge in [-0.05, 0) is 47.8 Å². The van der Waals surface area contributed by atoms with Crippen molar-refractivity contribution >= 4 is 46.1 Å². The molecule has 2 aromatic heterocycles. The highest BCUT2D eigenvalue weighted by Gasteiger charge is 2.13. The Hall–Kier alpha value is -3.49. The topological polar surface area (TPSA) is 97.1 Å². The van der Waals surface area contributed by atoms with Crippen LogP contribution in [0.1, 0.15) is 22.7 Å². The molecule has 4 rings (SSSR count). The molecule has 31 heavy (non-hydrogen) atoms. The number of halogens is 1. The van der Waals surface area contributed by atoms with Crippen LogP contribution < -0.4 is 10.6 Å². The Morgan fingerprint density at radius 1 is 0.968 bits per heavy atom. The monoisotopic (exact) mass is 452 g/mol. The summed E-state index contributed by atoms with van der Waals surface area (Å²) in [6.45, 7) is 0. The first-order valence-corrected chi connectivity index (χ1v) is 10.7. The van der Waals surface area contributed by atoms with Gasteiger partial charge in [0.1, 0.15) is 0 Å². The molecular formula is C22H17ClN4O3S. The van der Waals surface area contributed by atoms with Crippen LogP contribution in [0, 0.1) is 0 Å². The molecule has 0 saturated carbocycles. The molecule has 0 fully saturated rings. The number of para-hydroxylation sites is 2. The van der Waals surface area contributed by atoms with Crippen molar-refractivity contribution in [3.05, 3.63) is 81.8 Å². The Labute approximate surface area is 187 Å². The Morgan fingerprint density at radius 2 is 1.71 bits per heavy atom. The van der Waals surface area contributed by atoms with Gasteiger partial charge in [-0.15, -0.1) is 10.2 Å². The van der Waals surface area contributed by atoms with Crippen molar-refractivity contribution in [2.45, 2.75) is 12.8 Å². The Balaban J connectivity index is 1.36. The van der Waals surface area contributed by atoms with Crippen molar-refractivity contribution in [3.8, 4) is 11.5 Å². The van der Waals surface area contributed by atoms with E-state index in [1.807, 2.05) is 16.8 Å². The summed E-state index contributed by atoms with van der Waals surface area (Å²) in [7, 11) is 0. The second-order valence-electron chi connectivity index (χ2n) is 6.57. The van der Waals surface area contributed by atoms with Crippen LogP contribution in [0.4, 0.5) is 11.4 Å². The molecule has 9 heteroatoms. The lowest BCUT2D eigenvalue weighted by molar-refractivity contribution is -0.116. The van der Waals surface area contributed by atoms with Crippen molar-refractivity contribution < 1.29 is 14.0 Å². The lowest BCUT2D eigenvalue weighted by Crippen LogP contribution is -2.17. The largest absolute Gasteiger partial charge is 0.421 e. The number of carbonyl (C=O) groups is 2. The number of aromatic nitrogens is 2. The SMILES string of the molecule is O=C(CCc1nnc(-c2ccsc2)o1)Nc1ccccc1NC(=O)c1ccc(Cl)cc1. The van der Waals surface area contributed by atoms with Gasteiger partial charge in [0.05, 0.1) is 11.4 Å². The minimum Gasteiger partial charge on any atom is -0.421 e. The van der Waals surface area contributed by atoms with E-state index >= 15 is 0 Å². The number of hydrogen-bond acceptors (Lipinski definition) is 6. The Morgan fingerprint density at radius 3 is 2.42 bits per heavy atom. The first kappa shape index (κ1) is 20.8. The van der Waals surface area contributed by atoms with E-state index in [-0.39, 0.29) is 18.2 Å². The van der Waals surface area contributed by atoms with Gasteiger partial charge in [0, 0.05) is 34.4 Å². The van der Waals surface area contributed by atoms with Crippen LogP contribution in [0.25, 0.3) is 11.5 Å². The van der Waals surface area contributed by atoms with E-state index < -0.39 is 0 Å². The summed E-state index contributed by atoms with van der Waals surface area (Å²) in [6, 6.07) is 15.4. The third kappa shape index (κ3) is 5.36. The molecular weight excluding hydrogens is 436 g/mol. The highest BCUT2D eigenvalue weighted by atomic mass is 35.5. The molecule has 0 spiro atoms. The van der Waals surface area contributed by atoms with E-state index in [1.54, 1.807) is 59.9 Å². The highest BCUT2D eigenvalue weighted by Crippen LogP contribution is 2.23. The van der Waals surface area contributed by atoms with Crippen LogP contribution >= 0.6 is 22.9 Å². The second-order valence-corrected chi connectivity index (χ2v) is 7.78. The number of carbonyl (C=O) groups excluding carboxylic acids is 2. The number of anilines is 2. The summed E-state index contributed by atoms with van der Waals surface area (Å²) in [5.41, 5.74) is 2.31. The predicted octanol–water partition coefficient (Wildman–Crippen LogP) is 5.28. The smallest absolute Gasteiger partial charge is 0.255 e. The number of rotatable bonds is 7. The minimum absolute atomic E-state index is 0.157. The maximum atomic E-state index is 12.5. The molecule has 156 valence electrons. The summed E-state index contributed by atoms with van der Waals surface area (Å²) in [6.07, 6.45) is 0.465. The third-order valence-electron chi connectivity index (χ3n) is 4.36. The van der Waals surface area contributed by atoms with Gasteiger partial charge in [0.2, 0.25) is 17.7 Å². The number of hydrogen-bond donors (Lipinski definition) is 2. The molecule has 0 radical (unpaired) electrons. The molecule has 0 unspecified atom stereocenters. The van der Waals surface area contributed by atoms with E-state index in [9.17, 15) is 9.59 Å². The van der Waals surface area contributed by atoms with Gasteiger partial charge < -0.3 is 15.1 Å². The van der Waals surface area contributed by atoms with E-state index in [0.717, 1.165) is 5.56 Å². The molecule has 0 aliphatic heterocycles. The summed E-state index contributed by atoms with van der Waals surface area (Å²) in [5.74, 6) is 0.293. The first-order chi connectivity index (χ1) is 15.1.